The smallest absolute Gasteiger partial charge is 0.0547 e. The van der Waals surface area contributed by atoms with Gasteiger partial charge in [0, 0.05) is 53.7 Å². The van der Waals surface area contributed by atoms with Crippen LogP contribution in [0, 0.1) is 0 Å². The molecule has 258 valence electrons. The molecular weight excluding hydrogens is 685 g/mol. The van der Waals surface area contributed by atoms with Gasteiger partial charge in [-0.2, -0.15) is 0 Å². The molecule has 0 saturated heterocycles. The number of benzene rings is 9. The van der Waals surface area contributed by atoms with Crippen LogP contribution in [0.25, 0.3) is 80.7 Å². The number of anilines is 3. The van der Waals surface area contributed by atoms with E-state index in [-0.39, 0.29) is 0 Å². The topological polar surface area (TPSA) is 8.17 Å². The Bertz CT molecular complexity index is 3120. The molecule has 9 aromatic carbocycles. The van der Waals surface area contributed by atoms with E-state index in [1.807, 2.05) is 11.3 Å². The van der Waals surface area contributed by atoms with Crippen LogP contribution in [0.1, 0.15) is 0 Å². The lowest BCUT2D eigenvalue weighted by Crippen LogP contribution is -2.09. The molecule has 0 radical (unpaired) electrons. The molecule has 2 aromatic heterocycles. The van der Waals surface area contributed by atoms with Crippen molar-refractivity contribution < 1.29 is 0 Å². The van der Waals surface area contributed by atoms with Crippen LogP contribution < -0.4 is 4.90 Å². The molecule has 11 aromatic rings. The number of aromatic nitrogens is 1. The van der Waals surface area contributed by atoms with Gasteiger partial charge in [0.05, 0.1) is 11.0 Å². The molecule has 2 nitrogen and oxygen atoms in total. The average molecular weight is 719 g/mol. The summed E-state index contributed by atoms with van der Waals surface area (Å²) in [6.07, 6.45) is 0. The van der Waals surface area contributed by atoms with Crippen LogP contribution >= 0.6 is 11.3 Å². The van der Waals surface area contributed by atoms with Crippen molar-refractivity contribution in [2.24, 2.45) is 0 Å². The van der Waals surface area contributed by atoms with Crippen molar-refractivity contribution in [1.29, 1.82) is 0 Å². The number of hydrogen-bond donors (Lipinski definition) is 0. The molecule has 0 aliphatic rings. The Morgan fingerprint density at radius 1 is 0.345 bits per heavy atom. The van der Waals surface area contributed by atoms with Crippen LogP contribution in [0.2, 0.25) is 0 Å². The van der Waals surface area contributed by atoms with Crippen molar-refractivity contribution >= 4 is 81.1 Å². The average Bonchev–Trinajstić information content (AvgIpc) is 3.79. The van der Waals surface area contributed by atoms with Crippen molar-refractivity contribution in [3.05, 3.63) is 206 Å². The van der Waals surface area contributed by atoms with Gasteiger partial charge in [-0.15, -0.1) is 11.3 Å². The highest BCUT2D eigenvalue weighted by molar-refractivity contribution is 7.25. The van der Waals surface area contributed by atoms with Crippen LogP contribution in [0.4, 0.5) is 17.1 Å². The largest absolute Gasteiger partial charge is 0.311 e. The summed E-state index contributed by atoms with van der Waals surface area (Å²) in [7, 11) is 0. The Morgan fingerprint density at radius 3 is 1.58 bits per heavy atom. The van der Waals surface area contributed by atoms with E-state index in [1.54, 1.807) is 0 Å². The molecule has 0 aliphatic carbocycles. The summed E-state index contributed by atoms with van der Waals surface area (Å²) in [5, 5.41) is 7.79. The van der Waals surface area contributed by atoms with Crippen molar-refractivity contribution in [3.8, 4) is 27.9 Å². The predicted octanol–water partition coefficient (Wildman–Crippen LogP) is 15.1. The quantitative estimate of drug-likeness (QED) is 0.166. The highest BCUT2D eigenvalue weighted by Gasteiger charge is 2.18. The third-order valence-electron chi connectivity index (χ3n) is 11.0. The SMILES string of the molecule is c1ccc(N(c2ccccc2)c2ccc(-c3ccc(-c4ccc5c(c4)c4c6cc7c(cc6ccc4n5-c4ccccc4)sc4ccccc47)cc3)cc2)cc1. The number of para-hydroxylation sites is 3. The standard InChI is InChI=1S/C52H34N2S/c1-4-12-40(13-5-1)53(41-14-6-2-7-15-41)43-28-24-36(25-29-43)35-20-22-37(23-21-35)38-26-30-48-47(32-38)52-45-34-46-44-18-10-11-19-50(44)55-51(46)33-39(45)27-31-49(52)54(48)42-16-8-3-9-17-42/h1-34H. The molecule has 0 N–H and O–H groups in total. The van der Waals surface area contributed by atoms with Gasteiger partial charge in [-0.05, 0) is 118 Å². The maximum absolute atomic E-state index is 2.44. The number of nitrogens with zero attached hydrogens (tertiary/aromatic N) is 2. The molecule has 3 heteroatoms. The third kappa shape index (κ3) is 5.32. The summed E-state index contributed by atoms with van der Waals surface area (Å²) in [5.74, 6) is 0. The van der Waals surface area contributed by atoms with Crippen molar-refractivity contribution in [1.82, 2.24) is 4.57 Å². The van der Waals surface area contributed by atoms with Gasteiger partial charge in [-0.25, -0.2) is 0 Å². The Hall–Kier alpha value is -6.94. The molecule has 0 atom stereocenters. The van der Waals surface area contributed by atoms with Gasteiger partial charge in [0.2, 0.25) is 0 Å². The Balaban J connectivity index is 1.01. The molecule has 0 spiro atoms. The van der Waals surface area contributed by atoms with Gasteiger partial charge in [0.15, 0.2) is 0 Å². The number of thiophene rings is 1. The zero-order valence-corrected chi connectivity index (χ0v) is 30.7. The van der Waals surface area contributed by atoms with Crippen molar-refractivity contribution in [2.45, 2.75) is 0 Å². The molecular formula is C52H34N2S. The Morgan fingerprint density at radius 2 is 0.891 bits per heavy atom. The Labute approximate surface area is 323 Å². The van der Waals surface area contributed by atoms with Crippen LogP contribution in [0.15, 0.2) is 206 Å². The maximum Gasteiger partial charge on any atom is 0.0547 e. The number of hydrogen-bond acceptors (Lipinski definition) is 2. The molecule has 2 heterocycles. The second kappa shape index (κ2) is 12.9. The van der Waals surface area contributed by atoms with Gasteiger partial charge in [-0.1, -0.05) is 121 Å². The predicted molar refractivity (Wildman–Crippen MR) is 237 cm³/mol. The van der Waals surface area contributed by atoms with E-state index < -0.39 is 0 Å². The van der Waals surface area contributed by atoms with Crippen LogP contribution in [-0.4, -0.2) is 4.57 Å². The minimum absolute atomic E-state index is 1.13. The van der Waals surface area contributed by atoms with E-state index in [0.717, 1.165) is 17.1 Å². The number of fused-ring (bicyclic) bond motifs is 8. The fourth-order valence-corrected chi connectivity index (χ4v) is 9.49. The van der Waals surface area contributed by atoms with Crippen LogP contribution in [0.5, 0.6) is 0 Å². The summed E-state index contributed by atoms with van der Waals surface area (Å²) in [4.78, 5) is 2.30. The van der Waals surface area contributed by atoms with E-state index in [0.29, 0.717) is 0 Å². The summed E-state index contributed by atoms with van der Waals surface area (Å²) >= 11 is 1.88. The van der Waals surface area contributed by atoms with E-state index in [1.165, 1.54) is 80.7 Å². The van der Waals surface area contributed by atoms with Gasteiger partial charge >= 0.3 is 0 Å². The summed E-state index contributed by atoms with van der Waals surface area (Å²) in [6, 6.07) is 75.0. The van der Waals surface area contributed by atoms with Crippen LogP contribution in [-0.2, 0) is 0 Å². The first kappa shape index (κ1) is 31.6. The lowest BCUT2D eigenvalue weighted by atomic mass is 9.97. The second-order valence-electron chi connectivity index (χ2n) is 14.2. The first-order chi connectivity index (χ1) is 27.3. The van der Waals surface area contributed by atoms with Gasteiger partial charge < -0.3 is 9.47 Å². The first-order valence-electron chi connectivity index (χ1n) is 18.8. The van der Waals surface area contributed by atoms with E-state index in [9.17, 15) is 0 Å². The van der Waals surface area contributed by atoms with Crippen molar-refractivity contribution in [2.75, 3.05) is 4.90 Å². The fraction of sp³-hybridized carbons (Fsp3) is 0. The minimum atomic E-state index is 1.13. The van der Waals surface area contributed by atoms with Crippen LogP contribution in [0.3, 0.4) is 0 Å². The zero-order valence-electron chi connectivity index (χ0n) is 29.9. The molecule has 0 aliphatic heterocycles. The lowest BCUT2D eigenvalue weighted by Gasteiger charge is -2.25. The zero-order chi connectivity index (χ0) is 36.3. The van der Waals surface area contributed by atoms with E-state index in [4.69, 9.17) is 0 Å². The summed E-state index contributed by atoms with van der Waals surface area (Å²) < 4.78 is 5.09. The summed E-state index contributed by atoms with van der Waals surface area (Å²) in [5.41, 5.74) is 11.8. The highest BCUT2D eigenvalue weighted by atomic mass is 32.1. The lowest BCUT2D eigenvalue weighted by molar-refractivity contribution is 1.18. The fourth-order valence-electron chi connectivity index (χ4n) is 8.36. The van der Waals surface area contributed by atoms with Gasteiger partial charge in [0.1, 0.15) is 0 Å². The molecule has 11 rings (SSSR count). The maximum atomic E-state index is 2.44. The molecule has 0 bridgehead atoms. The second-order valence-corrected chi connectivity index (χ2v) is 15.2. The molecule has 0 saturated carbocycles. The van der Waals surface area contributed by atoms with E-state index in [2.05, 4.69) is 216 Å². The Kier molecular flexibility index (Phi) is 7.39. The minimum Gasteiger partial charge on any atom is -0.311 e. The molecule has 0 amide bonds. The first-order valence-corrected chi connectivity index (χ1v) is 19.6. The van der Waals surface area contributed by atoms with E-state index >= 15 is 0 Å². The molecule has 0 unspecified atom stereocenters. The normalized spacial score (nSPS) is 11.6. The summed E-state index contributed by atoms with van der Waals surface area (Å²) in [6.45, 7) is 0. The number of rotatable bonds is 6. The monoisotopic (exact) mass is 718 g/mol. The molecule has 0 fully saturated rings. The highest BCUT2D eigenvalue weighted by Crippen LogP contribution is 2.43. The third-order valence-corrected chi connectivity index (χ3v) is 12.1. The van der Waals surface area contributed by atoms with Crippen molar-refractivity contribution in [3.63, 3.8) is 0 Å². The molecule has 55 heavy (non-hydrogen) atoms. The van der Waals surface area contributed by atoms with Gasteiger partial charge in [0.25, 0.3) is 0 Å². The van der Waals surface area contributed by atoms with Gasteiger partial charge in [-0.3, -0.25) is 0 Å².